The lowest BCUT2D eigenvalue weighted by molar-refractivity contribution is 0.101. The normalized spacial score (nSPS) is 11.1. The van der Waals surface area contributed by atoms with Crippen LogP contribution in [0.1, 0.15) is 30.0 Å². The molecule has 0 bridgehead atoms. The first-order chi connectivity index (χ1) is 14.4. The minimum absolute atomic E-state index is 0.121. The highest BCUT2D eigenvalue weighted by atomic mass is 32.1. The third-order valence-electron chi connectivity index (χ3n) is 4.49. The Balaban J connectivity index is 1.45. The van der Waals surface area contributed by atoms with Crippen LogP contribution in [0.5, 0.6) is 5.75 Å². The van der Waals surface area contributed by atoms with Gasteiger partial charge >= 0.3 is 0 Å². The summed E-state index contributed by atoms with van der Waals surface area (Å²) in [5.41, 5.74) is 3.62. The maximum Gasteiger partial charge on any atom is 0.279 e. The molecule has 0 saturated carbocycles. The third kappa shape index (κ3) is 4.11. The second-order valence-corrected chi connectivity index (χ2v) is 7.88. The van der Waals surface area contributed by atoms with Gasteiger partial charge in [-0.25, -0.2) is 4.98 Å². The van der Waals surface area contributed by atoms with Gasteiger partial charge in [-0.1, -0.05) is 5.16 Å². The molecule has 0 atom stereocenters. The molecule has 4 rings (SSSR count). The maximum absolute atomic E-state index is 12.5. The van der Waals surface area contributed by atoms with Crippen LogP contribution < -0.4 is 10.1 Å². The van der Waals surface area contributed by atoms with Gasteiger partial charge in [-0.2, -0.15) is 5.10 Å². The van der Waals surface area contributed by atoms with E-state index in [0.29, 0.717) is 10.9 Å². The minimum atomic E-state index is -0.381. The Labute approximate surface area is 177 Å². The Morgan fingerprint density at radius 2 is 2.03 bits per heavy atom. The van der Waals surface area contributed by atoms with E-state index < -0.39 is 0 Å². The number of nitrogens with zero attached hydrogens (tertiary/aromatic N) is 4. The average molecular weight is 423 g/mol. The summed E-state index contributed by atoms with van der Waals surface area (Å²) in [6.45, 7) is 5.89. The van der Waals surface area contributed by atoms with Gasteiger partial charge in [0.1, 0.15) is 5.75 Å². The van der Waals surface area contributed by atoms with Crippen LogP contribution in [0.4, 0.5) is 5.13 Å². The van der Waals surface area contributed by atoms with Crippen molar-refractivity contribution in [3.63, 3.8) is 0 Å². The van der Waals surface area contributed by atoms with Crippen molar-refractivity contribution in [2.75, 3.05) is 5.32 Å². The molecule has 1 aromatic carbocycles. The molecule has 0 spiro atoms. The van der Waals surface area contributed by atoms with Crippen LogP contribution in [-0.2, 0) is 7.05 Å². The number of anilines is 1. The van der Waals surface area contributed by atoms with Crippen molar-refractivity contribution in [3.8, 4) is 28.3 Å². The van der Waals surface area contributed by atoms with E-state index in [2.05, 4.69) is 20.6 Å². The number of benzene rings is 1. The molecule has 0 unspecified atom stereocenters. The first-order valence-corrected chi connectivity index (χ1v) is 10.3. The van der Waals surface area contributed by atoms with Gasteiger partial charge in [0.2, 0.25) is 0 Å². The molecule has 1 amide bonds. The molecule has 1 N–H and O–H groups in total. The molecule has 0 aliphatic rings. The fourth-order valence-corrected chi connectivity index (χ4v) is 3.57. The van der Waals surface area contributed by atoms with Gasteiger partial charge in [0.05, 0.1) is 23.6 Å². The van der Waals surface area contributed by atoms with Crippen LogP contribution in [-0.4, -0.2) is 31.9 Å². The van der Waals surface area contributed by atoms with Crippen molar-refractivity contribution >= 4 is 22.4 Å². The molecule has 0 saturated heterocycles. The number of rotatable bonds is 6. The van der Waals surface area contributed by atoms with Crippen molar-refractivity contribution in [1.82, 2.24) is 19.9 Å². The van der Waals surface area contributed by atoms with Crippen LogP contribution in [0.15, 0.2) is 46.4 Å². The Kier molecular flexibility index (Phi) is 5.37. The predicted molar refractivity (Wildman–Crippen MR) is 115 cm³/mol. The van der Waals surface area contributed by atoms with E-state index in [1.54, 1.807) is 16.9 Å². The van der Waals surface area contributed by atoms with E-state index in [9.17, 15) is 4.79 Å². The molecule has 3 aromatic heterocycles. The SMILES string of the molecule is Cc1c(-c2cc(C(=O)Nc3nc(-c4ccc(OC(C)C)cc4)cs3)no2)cnn1C. The van der Waals surface area contributed by atoms with Crippen molar-refractivity contribution < 1.29 is 14.1 Å². The summed E-state index contributed by atoms with van der Waals surface area (Å²) in [4.78, 5) is 17.0. The van der Waals surface area contributed by atoms with E-state index in [1.165, 1.54) is 11.3 Å². The molecule has 3 heterocycles. The largest absolute Gasteiger partial charge is 0.491 e. The van der Waals surface area contributed by atoms with Crippen LogP contribution >= 0.6 is 11.3 Å². The number of hydrogen-bond donors (Lipinski definition) is 1. The van der Waals surface area contributed by atoms with Gasteiger partial charge in [-0.15, -0.1) is 11.3 Å². The molecule has 0 radical (unpaired) electrons. The molecular formula is C21H21N5O3S. The lowest BCUT2D eigenvalue weighted by atomic mass is 10.2. The van der Waals surface area contributed by atoms with Gasteiger partial charge in [-0.3, -0.25) is 14.8 Å². The molecule has 9 heteroatoms. The lowest BCUT2D eigenvalue weighted by Crippen LogP contribution is -2.11. The Morgan fingerprint density at radius 3 is 2.70 bits per heavy atom. The molecule has 30 heavy (non-hydrogen) atoms. The smallest absolute Gasteiger partial charge is 0.279 e. The Bertz CT molecular complexity index is 1170. The second-order valence-electron chi connectivity index (χ2n) is 7.03. The number of aromatic nitrogens is 4. The zero-order chi connectivity index (χ0) is 21.3. The zero-order valence-corrected chi connectivity index (χ0v) is 17.9. The first kappa shape index (κ1) is 19.8. The number of carbonyl (C=O) groups excluding carboxylic acids is 1. The van der Waals surface area contributed by atoms with Crippen molar-refractivity contribution in [3.05, 3.63) is 53.3 Å². The van der Waals surface area contributed by atoms with Crippen LogP contribution in [0.3, 0.4) is 0 Å². The maximum atomic E-state index is 12.5. The van der Waals surface area contributed by atoms with E-state index in [0.717, 1.165) is 28.3 Å². The van der Waals surface area contributed by atoms with Crippen LogP contribution in [0.25, 0.3) is 22.6 Å². The summed E-state index contributed by atoms with van der Waals surface area (Å²) in [5, 5.41) is 13.2. The van der Waals surface area contributed by atoms with Crippen molar-refractivity contribution in [1.29, 1.82) is 0 Å². The number of amides is 1. The quantitative estimate of drug-likeness (QED) is 0.489. The minimum Gasteiger partial charge on any atom is -0.491 e. The molecule has 0 fully saturated rings. The highest BCUT2D eigenvalue weighted by Crippen LogP contribution is 2.28. The highest BCUT2D eigenvalue weighted by Gasteiger charge is 2.18. The van der Waals surface area contributed by atoms with E-state index in [4.69, 9.17) is 9.26 Å². The van der Waals surface area contributed by atoms with Gasteiger partial charge in [0.25, 0.3) is 5.91 Å². The standard InChI is InChI=1S/C21H21N5O3S/c1-12(2)28-15-7-5-14(6-8-15)18-11-30-21(23-18)24-20(27)17-9-19(29-25-17)16-10-22-26(4)13(16)3/h5-12H,1-4H3,(H,23,24,27). The Hall–Kier alpha value is -3.46. The first-order valence-electron chi connectivity index (χ1n) is 9.40. The zero-order valence-electron chi connectivity index (χ0n) is 17.0. The van der Waals surface area contributed by atoms with Crippen LogP contribution in [0, 0.1) is 6.92 Å². The molecule has 0 aliphatic heterocycles. The summed E-state index contributed by atoms with van der Waals surface area (Å²) in [6, 6.07) is 9.30. The molecule has 8 nitrogen and oxygen atoms in total. The summed E-state index contributed by atoms with van der Waals surface area (Å²) < 4.78 is 12.7. The number of ether oxygens (including phenoxy) is 1. The summed E-state index contributed by atoms with van der Waals surface area (Å²) in [6.07, 6.45) is 1.80. The number of thiazole rings is 1. The van der Waals surface area contributed by atoms with E-state index >= 15 is 0 Å². The number of hydrogen-bond acceptors (Lipinski definition) is 7. The fraction of sp³-hybridized carbons (Fsp3) is 0.238. The van der Waals surface area contributed by atoms with Gasteiger partial charge in [0.15, 0.2) is 16.6 Å². The van der Waals surface area contributed by atoms with Gasteiger partial charge < -0.3 is 9.26 Å². The predicted octanol–water partition coefficient (Wildman–Crippen LogP) is 4.55. The van der Waals surface area contributed by atoms with Crippen molar-refractivity contribution in [2.24, 2.45) is 7.05 Å². The summed E-state index contributed by atoms with van der Waals surface area (Å²) in [7, 11) is 1.84. The number of nitrogens with one attached hydrogen (secondary N) is 1. The molecular weight excluding hydrogens is 402 g/mol. The van der Waals surface area contributed by atoms with E-state index in [-0.39, 0.29) is 17.7 Å². The monoisotopic (exact) mass is 423 g/mol. The highest BCUT2D eigenvalue weighted by molar-refractivity contribution is 7.14. The lowest BCUT2D eigenvalue weighted by Gasteiger charge is -2.09. The van der Waals surface area contributed by atoms with Crippen LogP contribution in [0.2, 0.25) is 0 Å². The molecule has 4 aromatic rings. The number of carbonyl (C=O) groups is 1. The summed E-state index contributed by atoms with van der Waals surface area (Å²) in [5.74, 6) is 0.922. The average Bonchev–Trinajstić information content (AvgIpc) is 3.44. The van der Waals surface area contributed by atoms with E-state index in [1.807, 2.05) is 57.5 Å². The topological polar surface area (TPSA) is 95.1 Å². The van der Waals surface area contributed by atoms with Gasteiger partial charge in [-0.05, 0) is 45.0 Å². The molecule has 154 valence electrons. The third-order valence-corrected chi connectivity index (χ3v) is 5.25. The Morgan fingerprint density at radius 1 is 1.27 bits per heavy atom. The number of aryl methyl sites for hydroxylation is 1. The molecule has 0 aliphatic carbocycles. The second kappa shape index (κ2) is 8.11. The fourth-order valence-electron chi connectivity index (χ4n) is 2.85. The summed E-state index contributed by atoms with van der Waals surface area (Å²) >= 11 is 1.35. The van der Waals surface area contributed by atoms with Crippen molar-refractivity contribution in [2.45, 2.75) is 26.9 Å². The van der Waals surface area contributed by atoms with Gasteiger partial charge in [0, 0.05) is 29.8 Å².